The molecule has 0 bridgehead atoms. The van der Waals surface area contributed by atoms with Gasteiger partial charge in [-0.1, -0.05) is 12.1 Å². The van der Waals surface area contributed by atoms with Gasteiger partial charge in [0.05, 0.1) is 0 Å². The summed E-state index contributed by atoms with van der Waals surface area (Å²) in [6, 6.07) is 8.51. The first-order chi connectivity index (χ1) is 4.30. The van der Waals surface area contributed by atoms with Crippen LogP contribution in [0.3, 0.4) is 0 Å². The first-order valence-electron chi connectivity index (χ1n) is 2.41. The SMILES string of the molecule is O=[N+]([O-])c1cc[c-]cc1.[Cl-].[Mg+2]. The topological polar surface area (TPSA) is 43.1 Å². The maximum atomic E-state index is 9.99. The van der Waals surface area contributed by atoms with Crippen LogP contribution in [0.2, 0.25) is 0 Å². The van der Waals surface area contributed by atoms with E-state index in [1.807, 2.05) is 0 Å². The Hall–Kier alpha value is -0.324. The van der Waals surface area contributed by atoms with Crippen molar-refractivity contribution in [3.8, 4) is 0 Å². The zero-order valence-electron chi connectivity index (χ0n) is 5.66. The minimum atomic E-state index is -0.437. The summed E-state index contributed by atoms with van der Waals surface area (Å²) in [7, 11) is 0. The monoisotopic (exact) mass is 181 g/mol. The molecule has 0 saturated heterocycles. The summed E-state index contributed by atoms with van der Waals surface area (Å²) in [4.78, 5) is 9.56. The summed E-state index contributed by atoms with van der Waals surface area (Å²) in [5, 5.41) is 9.99. The molecule has 0 aromatic heterocycles. The van der Waals surface area contributed by atoms with Gasteiger partial charge in [0.2, 0.25) is 0 Å². The summed E-state index contributed by atoms with van der Waals surface area (Å²) in [5.74, 6) is 0. The van der Waals surface area contributed by atoms with Crippen LogP contribution in [0.1, 0.15) is 0 Å². The van der Waals surface area contributed by atoms with Crippen molar-refractivity contribution >= 4 is 28.7 Å². The summed E-state index contributed by atoms with van der Waals surface area (Å²) in [5.41, 5.74) is 0.105. The number of nitrogens with zero attached hydrogens (tertiary/aromatic N) is 1. The number of non-ortho nitro benzene ring substituents is 1. The Morgan fingerprint density at radius 1 is 1.36 bits per heavy atom. The van der Waals surface area contributed by atoms with Crippen LogP contribution < -0.4 is 12.4 Å². The molecule has 0 aliphatic rings. The van der Waals surface area contributed by atoms with Crippen LogP contribution in [-0.2, 0) is 0 Å². The fourth-order valence-electron chi connectivity index (χ4n) is 0.500. The Kier molecular flexibility index (Phi) is 7.71. The molecule has 0 saturated carbocycles. The number of nitro benzene ring substituents is 1. The molecule has 1 aromatic rings. The minimum absolute atomic E-state index is 0. The standard InChI is InChI=1S/C6H4NO2.ClH.Mg/c8-7(9)6-4-2-1-3-5-6;;/h2-5H;1H;/q-1;;+2/p-1. The van der Waals surface area contributed by atoms with Gasteiger partial charge in [-0.15, -0.1) is 0 Å². The van der Waals surface area contributed by atoms with E-state index in [0.29, 0.717) is 0 Å². The quantitative estimate of drug-likeness (QED) is 0.218. The normalized spacial score (nSPS) is 7.27. The molecule has 0 unspecified atom stereocenters. The van der Waals surface area contributed by atoms with Crippen molar-refractivity contribution in [3.05, 3.63) is 40.4 Å². The van der Waals surface area contributed by atoms with Gasteiger partial charge in [-0.25, -0.2) is 0 Å². The van der Waals surface area contributed by atoms with E-state index < -0.39 is 4.92 Å². The molecule has 0 atom stereocenters. The second kappa shape index (κ2) is 6.39. The van der Waals surface area contributed by atoms with Crippen molar-refractivity contribution in [2.24, 2.45) is 0 Å². The number of hydrogen-bond acceptors (Lipinski definition) is 2. The summed E-state index contributed by atoms with van der Waals surface area (Å²) >= 11 is 0. The van der Waals surface area contributed by atoms with Crippen LogP contribution in [0.4, 0.5) is 5.69 Å². The van der Waals surface area contributed by atoms with E-state index in [-0.39, 0.29) is 41.1 Å². The molecule has 11 heavy (non-hydrogen) atoms. The van der Waals surface area contributed by atoms with Gasteiger partial charge in [-0.2, -0.15) is 18.2 Å². The summed E-state index contributed by atoms with van der Waals surface area (Å²) in [6.45, 7) is 0. The van der Waals surface area contributed by atoms with Crippen molar-refractivity contribution in [2.75, 3.05) is 0 Å². The molecule has 0 radical (unpaired) electrons. The zero-order valence-corrected chi connectivity index (χ0v) is 7.83. The molecule has 0 heterocycles. The Balaban J connectivity index is 0. The van der Waals surface area contributed by atoms with Gasteiger partial charge in [0.25, 0.3) is 0 Å². The van der Waals surface area contributed by atoms with Gasteiger partial charge in [-0.05, 0) is 0 Å². The second-order valence-electron chi connectivity index (χ2n) is 1.52. The fourth-order valence-corrected chi connectivity index (χ4v) is 0.500. The Morgan fingerprint density at radius 2 is 1.82 bits per heavy atom. The van der Waals surface area contributed by atoms with Gasteiger partial charge in [0.1, 0.15) is 0 Å². The van der Waals surface area contributed by atoms with E-state index in [1.165, 1.54) is 24.3 Å². The van der Waals surface area contributed by atoms with Crippen molar-refractivity contribution in [1.29, 1.82) is 0 Å². The first kappa shape index (κ1) is 13.3. The molecule has 0 spiro atoms. The third-order valence-electron chi connectivity index (χ3n) is 0.911. The van der Waals surface area contributed by atoms with Gasteiger partial charge in [-0.3, -0.25) is 10.1 Å². The number of halogens is 1. The van der Waals surface area contributed by atoms with Crippen molar-refractivity contribution in [2.45, 2.75) is 0 Å². The number of nitro groups is 1. The van der Waals surface area contributed by atoms with E-state index in [2.05, 4.69) is 6.07 Å². The zero-order chi connectivity index (χ0) is 6.69. The maximum Gasteiger partial charge on any atom is 2.00 e. The van der Waals surface area contributed by atoms with Crippen LogP contribution in [0.15, 0.2) is 24.3 Å². The molecule has 0 N–H and O–H groups in total. The number of rotatable bonds is 1. The largest absolute Gasteiger partial charge is 2.00 e. The molecule has 1 aromatic carbocycles. The molecule has 0 fully saturated rings. The van der Waals surface area contributed by atoms with Gasteiger partial charge in [0.15, 0.2) is 5.69 Å². The predicted molar refractivity (Wildman–Crippen MR) is 37.7 cm³/mol. The van der Waals surface area contributed by atoms with Crippen molar-refractivity contribution in [3.63, 3.8) is 0 Å². The first-order valence-corrected chi connectivity index (χ1v) is 2.41. The van der Waals surface area contributed by atoms with E-state index >= 15 is 0 Å². The summed E-state index contributed by atoms with van der Waals surface area (Å²) < 4.78 is 0. The third kappa shape index (κ3) is 4.18. The average Bonchev–Trinajstić information content (AvgIpc) is 1.90. The number of hydrogen-bond donors (Lipinski definition) is 0. The molecule has 0 aliphatic carbocycles. The van der Waals surface area contributed by atoms with Crippen molar-refractivity contribution in [1.82, 2.24) is 0 Å². The predicted octanol–water partition coefficient (Wildman–Crippen LogP) is -1.98. The van der Waals surface area contributed by atoms with Gasteiger partial charge in [0, 0.05) is 4.92 Å². The third-order valence-corrected chi connectivity index (χ3v) is 0.911. The molecule has 1 rings (SSSR count). The molecule has 0 aliphatic heterocycles. The van der Waals surface area contributed by atoms with E-state index in [1.54, 1.807) is 0 Å². The molecule has 0 amide bonds. The van der Waals surface area contributed by atoms with Gasteiger partial charge < -0.3 is 12.4 Å². The molecule has 54 valence electrons. The van der Waals surface area contributed by atoms with Crippen LogP contribution in [0.5, 0.6) is 0 Å². The Morgan fingerprint density at radius 3 is 2.09 bits per heavy atom. The van der Waals surface area contributed by atoms with E-state index in [0.717, 1.165) is 0 Å². The second-order valence-corrected chi connectivity index (χ2v) is 1.52. The molecular formula is C6H4ClMgNO2. The molecular weight excluding hydrogens is 178 g/mol. The Labute approximate surface area is 86.5 Å². The van der Waals surface area contributed by atoms with Gasteiger partial charge >= 0.3 is 23.1 Å². The van der Waals surface area contributed by atoms with Crippen LogP contribution in [-0.4, -0.2) is 28.0 Å². The van der Waals surface area contributed by atoms with E-state index in [9.17, 15) is 10.1 Å². The average molecular weight is 182 g/mol. The number of benzene rings is 1. The molecule has 3 nitrogen and oxygen atoms in total. The minimum Gasteiger partial charge on any atom is -1.00 e. The van der Waals surface area contributed by atoms with Crippen LogP contribution >= 0.6 is 0 Å². The summed E-state index contributed by atoms with van der Waals surface area (Å²) in [6.07, 6.45) is 0. The molecule has 5 heteroatoms. The maximum absolute atomic E-state index is 9.99. The smallest absolute Gasteiger partial charge is 1.00 e. The van der Waals surface area contributed by atoms with Crippen LogP contribution in [0.25, 0.3) is 0 Å². The fraction of sp³-hybridized carbons (Fsp3) is 0. The van der Waals surface area contributed by atoms with Crippen molar-refractivity contribution < 1.29 is 17.3 Å². The Bertz CT molecular complexity index is 217. The van der Waals surface area contributed by atoms with E-state index in [4.69, 9.17) is 0 Å². The van der Waals surface area contributed by atoms with Crippen LogP contribution in [0, 0.1) is 16.2 Å².